The van der Waals surface area contributed by atoms with E-state index in [-0.39, 0.29) is 6.61 Å². The molecule has 3 heteroatoms. The van der Waals surface area contributed by atoms with Gasteiger partial charge < -0.3 is 5.11 Å². The summed E-state index contributed by atoms with van der Waals surface area (Å²) in [6, 6.07) is 7.77. The SMILES string of the molecule is CC(CO)CSc1ccccc1Cl. The Morgan fingerprint density at radius 1 is 1.46 bits per heavy atom. The maximum atomic E-state index is 8.84. The number of hydrogen-bond acceptors (Lipinski definition) is 2. The molecule has 1 aromatic carbocycles. The summed E-state index contributed by atoms with van der Waals surface area (Å²) in [6.07, 6.45) is 0. The van der Waals surface area contributed by atoms with Crippen molar-refractivity contribution in [1.82, 2.24) is 0 Å². The van der Waals surface area contributed by atoms with Gasteiger partial charge in [0.25, 0.3) is 0 Å². The lowest BCUT2D eigenvalue weighted by atomic mass is 10.2. The van der Waals surface area contributed by atoms with Gasteiger partial charge in [-0.25, -0.2) is 0 Å². The van der Waals surface area contributed by atoms with E-state index in [0.29, 0.717) is 5.92 Å². The van der Waals surface area contributed by atoms with Gasteiger partial charge in [0.05, 0.1) is 5.02 Å². The van der Waals surface area contributed by atoms with Crippen LogP contribution in [0.5, 0.6) is 0 Å². The van der Waals surface area contributed by atoms with Crippen LogP contribution in [0.1, 0.15) is 6.92 Å². The molecule has 1 unspecified atom stereocenters. The van der Waals surface area contributed by atoms with E-state index in [2.05, 4.69) is 0 Å². The molecule has 1 atom stereocenters. The molecule has 0 radical (unpaired) electrons. The summed E-state index contributed by atoms with van der Waals surface area (Å²) in [5.74, 6) is 1.22. The Hall–Kier alpha value is -0.180. The van der Waals surface area contributed by atoms with Crippen molar-refractivity contribution >= 4 is 23.4 Å². The maximum absolute atomic E-state index is 8.84. The monoisotopic (exact) mass is 216 g/mol. The van der Waals surface area contributed by atoms with E-state index in [4.69, 9.17) is 16.7 Å². The van der Waals surface area contributed by atoms with Crippen LogP contribution in [0.2, 0.25) is 5.02 Å². The minimum Gasteiger partial charge on any atom is -0.396 e. The second-order valence-corrected chi connectivity index (χ2v) is 4.50. The van der Waals surface area contributed by atoms with E-state index in [1.54, 1.807) is 11.8 Å². The Morgan fingerprint density at radius 2 is 2.15 bits per heavy atom. The van der Waals surface area contributed by atoms with Gasteiger partial charge in [-0.05, 0) is 18.1 Å². The van der Waals surface area contributed by atoms with Crippen molar-refractivity contribution < 1.29 is 5.11 Å². The minimum atomic E-state index is 0.234. The van der Waals surface area contributed by atoms with Gasteiger partial charge in [-0.1, -0.05) is 30.7 Å². The molecule has 1 N–H and O–H groups in total. The van der Waals surface area contributed by atoms with Gasteiger partial charge in [0.15, 0.2) is 0 Å². The number of benzene rings is 1. The number of rotatable bonds is 4. The van der Waals surface area contributed by atoms with Crippen LogP contribution in [0.4, 0.5) is 0 Å². The highest BCUT2D eigenvalue weighted by molar-refractivity contribution is 7.99. The molecule has 0 aliphatic carbocycles. The molecular formula is C10H13ClOS. The summed E-state index contributed by atoms with van der Waals surface area (Å²) in [7, 11) is 0. The molecule has 13 heavy (non-hydrogen) atoms. The molecule has 0 aromatic heterocycles. The predicted octanol–water partition coefficient (Wildman–Crippen LogP) is 3.06. The molecule has 0 heterocycles. The number of hydrogen-bond donors (Lipinski definition) is 1. The summed E-state index contributed by atoms with van der Waals surface area (Å²) in [5.41, 5.74) is 0. The minimum absolute atomic E-state index is 0.234. The summed E-state index contributed by atoms with van der Waals surface area (Å²) in [5, 5.41) is 9.63. The molecule has 0 spiro atoms. The van der Waals surface area contributed by atoms with Gasteiger partial charge in [0.1, 0.15) is 0 Å². The summed E-state index contributed by atoms with van der Waals surface area (Å²) in [4.78, 5) is 1.09. The van der Waals surface area contributed by atoms with E-state index < -0.39 is 0 Å². The predicted molar refractivity (Wildman–Crippen MR) is 58.4 cm³/mol. The number of aliphatic hydroxyl groups excluding tert-OH is 1. The first-order valence-corrected chi connectivity index (χ1v) is 5.58. The van der Waals surface area contributed by atoms with Crippen molar-refractivity contribution in [3.8, 4) is 0 Å². The highest BCUT2D eigenvalue weighted by Gasteiger charge is 2.03. The zero-order valence-corrected chi connectivity index (χ0v) is 9.11. The van der Waals surface area contributed by atoms with Crippen LogP contribution in [0, 0.1) is 5.92 Å². The van der Waals surface area contributed by atoms with Crippen LogP contribution in [-0.4, -0.2) is 17.5 Å². The van der Waals surface area contributed by atoms with Crippen molar-refractivity contribution in [3.05, 3.63) is 29.3 Å². The van der Waals surface area contributed by atoms with Gasteiger partial charge in [0.2, 0.25) is 0 Å². The molecule has 1 nitrogen and oxygen atoms in total. The molecular weight excluding hydrogens is 204 g/mol. The normalized spacial score (nSPS) is 12.8. The summed E-state index contributed by atoms with van der Waals surface area (Å²) >= 11 is 7.66. The topological polar surface area (TPSA) is 20.2 Å². The summed E-state index contributed by atoms with van der Waals surface area (Å²) in [6.45, 7) is 2.25. The second kappa shape index (κ2) is 5.53. The van der Waals surface area contributed by atoms with Gasteiger partial charge in [-0.15, -0.1) is 11.8 Å². The van der Waals surface area contributed by atoms with E-state index in [9.17, 15) is 0 Å². The van der Waals surface area contributed by atoms with Crippen molar-refractivity contribution in [2.45, 2.75) is 11.8 Å². The Kier molecular flexibility index (Phi) is 4.64. The highest BCUT2D eigenvalue weighted by atomic mass is 35.5. The quantitative estimate of drug-likeness (QED) is 0.781. The number of thioether (sulfide) groups is 1. The van der Waals surface area contributed by atoms with Crippen molar-refractivity contribution in [1.29, 1.82) is 0 Å². The third-order valence-corrected chi connectivity index (χ3v) is 3.52. The van der Waals surface area contributed by atoms with Gasteiger partial charge in [-0.2, -0.15) is 0 Å². The molecule has 72 valence electrons. The third-order valence-electron chi connectivity index (χ3n) is 1.67. The average molecular weight is 217 g/mol. The first kappa shape index (κ1) is 10.9. The zero-order valence-electron chi connectivity index (χ0n) is 7.53. The molecule has 0 amide bonds. The molecule has 0 aliphatic heterocycles. The lowest BCUT2D eigenvalue weighted by molar-refractivity contribution is 0.250. The first-order valence-electron chi connectivity index (χ1n) is 4.22. The lowest BCUT2D eigenvalue weighted by Crippen LogP contribution is -2.02. The summed E-state index contributed by atoms with van der Waals surface area (Å²) < 4.78 is 0. The standard InChI is InChI=1S/C10H13ClOS/c1-8(6-12)7-13-10-5-3-2-4-9(10)11/h2-5,8,12H,6-7H2,1H3. The Morgan fingerprint density at radius 3 is 2.77 bits per heavy atom. The van der Waals surface area contributed by atoms with Crippen molar-refractivity contribution in [2.75, 3.05) is 12.4 Å². The van der Waals surface area contributed by atoms with Crippen LogP contribution in [0.3, 0.4) is 0 Å². The van der Waals surface area contributed by atoms with Crippen molar-refractivity contribution in [2.24, 2.45) is 5.92 Å². The van der Waals surface area contributed by atoms with E-state index in [0.717, 1.165) is 15.7 Å². The smallest absolute Gasteiger partial charge is 0.0541 e. The molecule has 0 bridgehead atoms. The third kappa shape index (κ3) is 3.59. The average Bonchev–Trinajstić information content (AvgIpc) is 2.16. The Labute approximate surface area is 88.1 Å². The molecule has 0 fully saturated rings. The molecule has 0 saturated carbocycles. The maximum Gasteiger partial charge on any atom is 0.0541 e. The Bertz CT molecular complexity index is 265. The largest absolute Gasteiger partial charge is 0.396 e. The first-order chi connectivity index (χ1) is 6.24. The van der Waals surface area contributed by atoms with Crippen molar-refractivity contribution in [3.63, 3.8) is 0 Å². The number of halogens is 1. The fourth-order valence-electron chi connectivity index (χ4n) is 0.847. The van der Waals surface area contributed by atoms with Crippen LogP contribution in [0.25, 0.3) is 0 Å². The Balaban J connectivity index is 2.50. The fourth-order valence-corrected chi connectivity index (χ4v) is 2.10. The van der Waals surface area contributed by atoms with Gasteiger partial charge in [0, 0.05) is 17.3 Å². The van der Waals surface area contributed by atoms with Gasteiger partial charge in [-0.3, -0.25) is 0 Å². The van der Waals surface area contributed by atoms with Crippen LogP contribution in [0.15, 0.2) is 29.2 Å². The zero-order chi connectivity index (χ0) is 9.68. The number of aliphatic hydroxyl groups is 1. The molecule has 1 rings (SSSR count). The fraction of sp³-hybridized carbons (Fsp3) is 0.400. The van der Waals surface area contributed by atoms with E-state index in [1.807, 2.05) is 31.2 Å². The molecule has 1 aromatic rings. The van der Waals surface area contributed by atoms with Crippen LogP contribution < -0.4 is 0 Å². The molecule has 0 aliphatic rings. The molecule has 0 saturated heterocycles. The highest BCUT2D eigenvalue weighted by Crippen LogP contribution is 2.27. The lowest BCUT2D eigenvalue weighted by Gasteiger charge is -2.07. The van der Waals surface area contributed by atoms with E-state index in [1.165, 1.54) is 0 Å². The van der Waals surface area contributed by atoms with Crippen LogP contribution in [-0.2, 0) is 0 Å². The van der Waals surface area contributed by atoms with Gasteiger partial charge >= 0.3 is 0 Å². The van der Waals surface area contributed by atoms with Crippen LogP contribution >= 0.6 is 23.4 Å². The van der Waals surface area contributed by atoms with E-state index >= 15 is 0 Å². The second-order valence-electron chi connectivity index (χ2n) is 3.03.